The molecule has 0 radical (unpaired) electrons. The van der Waals surface area contributed by atoms with Crippen molar-refractivity contribution in [3.05, 3.63) is 34.4 Å². The second-order valence-corrected chi connectivity index (χ2v) is 10.5. The van der Waals surface area contributed by atoms with Crippen LogP contribution in [0.1, 0.15) is 89.5 Å². The van der Waals surface area contributed by atoms with Gasteiger partial charge in [-0.2, -0.15) is 0 Å². The molecule has 7 atom stereocenters. The summed E-state index contributed by atoms with van der Waals surface area (Å²) in [6.45, 7) is 5.22. The molecule has 4 aliphatic rings. The molecule has 1 aromatic heterocycles. The van der Waals surface area contributed by atoms with E-state index < -0.39 is 0 Å². The van der Waals surface area contributed by atoms with Crippen LogP contribution in [0.15, 0.2) is 27.6 Å². The summed E-state index contributed by atoms with van der Waals surface area (Å²) in [4.78, 5) is 11.4. The van der Waals surface area contributed by atoms with E-state index in [9.17, 15) is 4.79 Å². The van der Waals surface area contributed by atoms with Crippen molar-refractivity contribution in [1.82, 2.24) is 0 Å². The summed E-state index contributed by atoms with van der Waals surface area (Å²) in [5.74, 6) is 4.36. The molecule has 0 amide bonds. The SMILES string of the molecule is C[C@]12CC[C@@H]3[C@H](CCC4CCCC[C@@]43C)C1CC[C@@H]2c1ccc(=O)oc1. The lowest BCUT2D eigenvalue weighted by Crippen LogP contribution is -2.52. The standard InChI is InChI=1S/C24H34O2/c1-23-13-4-3-5-17(23)7-8-18-20-10-9-19(16-6-11-22(25)26-15-16)24(20,2)14-12-21(18)23/h6,11,15,17-21H,3-5,7-10,12-14H2,1-2H3/t17?,18-,19-,20?,21-,23+,24-/m1/s1. The molecule has 0 aliphatic heterocycles. The first kappa shape index (κ1) is 17.1. The summed E-state index contributed by atoms with van der Waals surface area (Å²) >= 11 is 0. The van der Waals surface area contributed by atoms with Crippen LogP contribution in [-0.2, 0) is 0 Å². The highest BCUT2D eigenvalue weighted by molar-refractivity contribution is 5.22. The molecule has 4 saturated carbocycles. The number of rotatable bonds is 1. The molecule has 142 valence electrons. The Morgan fingerprint density at radius 1 is 0.885 bits per heavy atom. The summed E-state index contributed by atoms with van der Waals surface area (Å²) in [6.07, 6.45) is 16.1. The quantitative estimate of drug-likeness (QED) is 0.605. The first-order chi connectivity index (χ1) is 12.5. The van der Waals surface area contributed by atoms with Gasteiger partial charge in [0.05, 0.1) is 6.26 Å². The van der Waals surface area contributed by atoms with E-state index in [1.54, 1.807) is 12.3 Å². The molecule has 0 spiro atoms. The molecule has 2 nitrogen and oxygen atoms in total. The van der Waals surface area contributed by atoms with Crippen molar-refractivity contribution >= 4 is 0 Å². The molecule has 2 unspecified atom stereocenters. The third-order valence-corrected chi connectivity index (χ3v) is 9.71. The van der Waals surface area contributed by atoms with Crippen molar-refractivity contribution in [2.45, 2.75) is 84.0 Å². The molecular formula is C24H34O2. The van der Waals surface area contributed by atoms with Crippen molar-refractivity contribution < 1.29 is 4.42 Å². The zero-order valence-corrected chi connectivity index (χ0v) is 16.5. The Labute approximate surface area is 157 Å². The molecule has 2 heteroatoms. The van der Waals surface area contributed by atoms with Gasteiger partial charge in [-0.1, -0.05) is 26.7 Å². The Morgan fingerprint density at radius 2 is 1.73 bits per heavy atom. The fourth-order valence-corrected chi connectivity index (χ4v) is 8.41. The van der Waals surface area contributed by atoms with Crippen LogP contribution in [0.3, 0.4) is 0 Å². The summed E-state index contributed by atoms with van der Waals surface area (Å²) in [5.41, 5.74) is 2.07. The van der Waals surface area contributed by atoms with E-state index in [2.05, 4.69) is 13.8 Å². The second kappa shape index (κ2) is 5.97. The molecule has 4 fully saturated rings. The minimum atomic E-state index is -0.222. The van der Waals surface area contributed by atoms with Crippen molar-refractivity contribution in [2.24, 2.45) is 34.5 Å². The minimum absolute atomic E-state index is 0.222. The Bertz CT molecular complexity index is 715. The highest BCUT2D eigenvalue weighted by Gasteiger charge is 2.59. The zero-order valence-electron chi connectivity index (χ0n) is 16.5. The van der Waals surface area contributed by atoms with Crippen LogP contribution >= 0.6 is 0 Å². The van der Waals surface area contributed by atoms with Gasteiger partial charge in [0.15, 0.2) is 0 Å². The van der Waals surface area contributed by atoms with E-state index in [-0.39, 0.29) is 5.63 Å². The fourth-order valence-electron chi connectivity index (χ4n) is 8.41. The highest BCUT2D eigenvalue weighted by atomic mass is 16.4. The van der Waals surface area contributed by atoms with E-state index in [1.165, 1.54) is 69.8 Å². The van der Waals surface area contributed by atoms with Crippen LogP contribution in [-0.4, -0.2) is 0 Å². The predicted octanol–water partition coefficient (Wildman–Crippen LogP) is 6.16. The summed E-state index contributed by atoms with van der Waals surface area (Å²) < 4.78 is 5.23. The number of hydrogen-bond acceptors (Lipinski definition) is 2. The maximum atomic E-state index is 11.4. The van der Waals surface area contributed by atoms with E-state index in [1.807, 2.05) is 6.07 Å². The van der Waals surface area contributed by atoms with Gasteiger partial charge in [0, 0.05) is 6.07 Å². The summed E-state index contributed by atoms with van der Waals surface area (Å²) in [6, 6.07) is 3.65. The largest absolute Gasteiger partial charge is 0.431 e. The van der Waals surface area contributed by atoms with Gasteiger partial charge in [0.1, 0.15) is 0 Å². The molecule has 4 aliphatic carbocycles. The Hall–Kier alpha value is -1.05. The lowest BCUT2D eigenvalue weighted by molar-refractivity contribution is -0.106. The normalized spacial score (nSPS) is 47.7. The van der Waals surface area contributed by atoms with Gasteiger partial charge in [-0.25, -0.2) is 4.79 Å². The third-order valence-electron chi connectivity index (χ3n) is 9.71. The molecule has 26 heavy (non-hydrogen) atoms. The van der Waals surface area contributed by atoms with Crippen LogP contribution in [0.2, 0.25) is 0 Å². The van der Waals surface area contributed by atoms with Gasteiger partial charge in [0.25, 0.3) is 0 Å². The maximum Gasteiger partial charge on any atom is 0.335 e. The molecule has 0 saturated heterocycles. The molecule has 1 aromatic rings. The van der Waals surface area contributed by atoms with Gasteiger partial charge in [-0.3, -0.25) is 0 Å². The van der Waals surface area contributed by atoms with Crippen LogP contribution < -0.4 is 5.63 Å². The Morgan fingerprint density at radius 3 is 2.54 bits per heavy atom. The monoisotopic (exact) mass is 354 g/mol. The van der Waals surface area contributed by atoms with Crippen LogP contribution in [0, 0.1) is 34.5 Å². The van der Waals surface area contributed by atoms with Crippen LogP contribution in [0.25, 0.3) is 0 Å². The second-order valence-electron chi connectivity index (χ2n) is 10.5. The average Bonchev–Trinajstić information content (AvgIpc) is 2.99. The van der Waals surface area contributed by atoms with Crippen molar-refractivity contribution in [3.8, 4) is 0 Å². The zero-order chi connectivity index (χ0) is 17.9. The van der Waals surface area contributed by atoms with Crippen LogP contribution in [0.5, 0.6) is 0 Å². The maximum absolute atomic E-state index is 11.4. The lowest BCUT2D eigenvalue weighted by atomic mass is 9.45. The Balaban J connectivity index is 1.45. The highest BCUT2D eigenvalue weighted by Crippen LogP contribution is 2.68. The smallest absolute Gasteiger partial charge is 0.335 e. The predicted molar refractivity (Wildman–Crippen MR) is 104 cm³/mol. The molecular weight excluding hydrogens is 320 g/mol. The van der Waals surface area contributed by atoms with Gasteiger partial charge >= 0.3 is 5.63 Å². The molecule has 0 bridgehead atoms. The van der Waals surface area contributed by atoms with Crippen molar-refractivity contribution in [3.63, 3.8) is 0 Å². The van der Waals surface area contributed by atoms with E-state index in [0.29, 0.717) is 16.7 Å². The van der Waals surface area contributed by atoms with Crippen molar-refractivity contribution in [2.75, 3.05) is 0 Å². The van der Waals surface area contributed by atoms with Gasteiger partial charge < -0.3 is 4.42 Å². The number of hydrogen-bond donors (Lipinski definition) is 0. The van der Waals surface area contributed by atoms with Crippen molar-refractivity contribution in [1.29, 1.82) is 0 Å². The third kappa shape index (κ3) is 2.33. The fraction of sp³-hybridized carbons (Fsp3) is 0.792. The van der Waals surface area contributed by atoms with Gasteiger partial charge in [-0.15, -0.1) is 0 Å². The summed E-state index contributed by atoms with van der Waals surface area (Å²) in [7, 11) is 0. The van der Waals surface area contributed by atoms with E-state index in [4.69, 9.17) is 4.42 Å². The van der Waals surface area contributed by atoms with E-state index in [0.717, 1.165) is 23.7 Å². The first-order valence-electron chi connectivity index (χ1n) is 11.1. The van der Waals surface area contributed by atoms with Gasteiger partial charge in [-0.05, 0) is 103 Å². The minimum Gasteiger partial charge on any atom is -0.431 e. The lowest BCUT2D eigenvalue weighted by Gasteiger charge is -2.60. The van der Waals surface area contributed by atoms with Crippen LogP contribution in [0.4, 0.5) is 0 Å². The topological polar surface area (TPSA) is 30.2 Å². The first-order valence-corrected chi connectivity index (χ1v) is 11.1. The number of fused-ring (bicyclic) bond motifs is 5. The summed E-state index contributed by atoms with van der Waals surface area (Å²) in [5, 5.41) is 0. The molecule has 5 rings (SSSR count). The van der Waals surface area contributed by atoms with Gasteiger partial charge in [0.2, 0.25) is 0 Å². The molecule has 1 heterocycles. The molecule has 0 aromatic carbocycles. The molecule has 0 N–H and O–H groups in total. The van der Waals surface area contributed by atoms with E-state index >= 15 is 0 Å². The Kier molecular flexibility index (Phi) is 3.92. The average molecular weight is 355 g/mol.